The molecule has 0 spiro atoms. The van der Waals surface area contributed by atoms with Crippen LogP contribution >= 0.6 is 11.8 Å². The molecule has 3 rings (SSSR count). The molecule has 2 heterocycles. The molecule has 2 aliphatic heterocycles. The summed E-state index contributed by atoms with van der Waals surface area (Å²) in [6.07, 6.45) is 1.96. The second-order valence-electron chi connectivity index (χ2n) is 5.20. The minimum atomic E-state index is -0.0296. The molecule has 1 fully saturated rings. The Morgan fingerprint density at radius 1 is 1.21 bits per heavy atom. The van der Waals surface area contributed by atoms with Gasteiger partial charge in [0.05, 0.1) is 6.04 Å². The minimum Gasteiger partial charge on any atom is -0.340 e. The molecule has 1 aromatic carbocycles. The molecule has 0 saturated carbocycles. The van der Waals surface area contributed by atoms with Crippen LogP contribution in [0.2, 0.25) is 0 Å². The first kappa shape index (κ1) is 13.0. The molecule has 0 radical (unpaired) electrons. The number of thioether (sulfide) groups is 1. The van der Waals surface area contributed by atoms with Crippen molar-refractivity contribution in [2.24, 2.45) is 0 Å². The second-order valence-corrected chi connectivity index (χ2v) is 6.42. The number of amides is 1. The number of nitrogens with zero attached hydrogens (tertiary/aromatic N) is 1. The highest BCUT2D eigenvalue weighted by atomic mass is 32.2. The lowest BCUT2D eigenvalue weighted by atomic mass is 9.95. The Morgan fingerprint density at radius 2 is 2.05 bits per heavy atom. The quantitative estimate of drug-likeness (QED) is 0.847. The van der Waals surface area contributed by atoms with Crippen LogP contribution in [0.1, 0.15) is 17.5 Å². The number of carbonyl (C=O) groups excluding carboxylic acids is 1. The molecule has 1 saturated heterocycles. The highest BCUT2D eigenvalue weighted by Gasteiger charge is 2.28. The van der Waals surface area contributed by atoms with Gasteiger partial charge in [0.15, 0.2) is 0 Å². The standard InChI is InChI=1S/C15H20N2OS/c18-15(17-6-3-8-19-9-7-17)14-10-12-4-1-2-5-13(12)11-16-14/h1-2,4-5,14,16H,3,6-11H2/t14-/m0/s1. The van der Waals surface area contributed by atoms with Crippen LogP contribution in [-0.2, 0) is 17.8 Å². The maximum absolute atomic E-state index is 12.6. The predicted molar refractivity (Wildman–Crippen MR) is 79.3 cm³/mol. The number of hydrogen-bond acceptors (Lipinski definition) is 3. The lowest BCUT2D eigenvalue weighted by Crippen LogP contribution is -2.50. The topological polar surface area (TPSA) is 32.3 Å². The monoisotopic (exact) mass is 276 g/mol. The summed E-state index contributed by atoms with van der Waals surface area (Å²) in [6, 6.07) is 8.39. The normalized spacial score (nSPS) is 23.6. The first-order valence-electron chi connectivity index (χ1n) is 7.01. The van der Waals surface area contributed by atoms with Crippen LogP contribution in [0.25, 0.3) is 0 Å². The summed E-state index contributed by atoms with van der Waals surface area (Å²) < 4.78 is 0. The van der Waals surface area contributed by atoms with Gasteiger partial charge < -0.3 is 10.2 Å². The van der Waals surface area contributed by atoms with Crippen LogP contribution in [0.3, 0.4) is 0 Å². The van der Waals surface area contributed by atoms with Crippen molar-refractivity contribution >= 4 is 17.7 Å². The van der Waals surface area contributed by atoms with Crippen molar-refractivity contribution < 1.29 is 4.79 Å². The first-order chi connectivity index (χ1) is 9.34. The molecule has 19 heavy (non-hydrogen) atoms. The van der Waals surface area contributed by atoms with Crippen LogP contribution in [0.5, 0.6) is 0 Å². The van der Waals surface area contributed by atoms with Gasteiger partial charge in [0, 0.05) is 25.4 Å². The summed E-state index contributed by atoms with van der Waals surface area (Å²) in [5, 5.41) is 3.39. The smallest absolute Gasteiger partial charge is 0.240 e. The van der Waals surface area contributed by atoms with Gasteiger partial charge in [-0.2, -0.15) is 11.8 Å². The van der Waals surface area contributed by atoms with Gasteiger partial charge in [0.25, 0.3) is 0 Å². The van der Waals surface area contributed by atoms with Gasteiger partial charge in [0.1, 0.15) is 0 Å². The van der Waals surface area contributed by atoms with E-state index in [1.54, 1.807) is 0 Å². The van der Waals surface area contributed by atoms with Gasteiger partial charge in [-0.25, -0.2) is 0 Å². The zero-order valence-corrected chi connectivity index (χ0v) is 11.9. The van der Waals surface area contributed by atoms with Gasteiger partial charge in [-0.1, -0.05) is 24.3 Å². The summed E-state index contributed by atoms with van der Waals surface area (Å²) in [5.74, 6) is 2.55. The van der Waals surface area contributed by atoms with Crippen molar-refractivity contribution in [3.63, 3.8) is 0 Å². The molecule has 102 valence electrons. The van der Waals surface area contributed by atoms with E-state index in [-0.39, 0.29) is 11.9 Å². The number of carbonyl (C=O) groups is 1. The van der Waals surface area contributed by atoms with Gasteiger partial charge in [-0.15, -0.1) is 0 Å². The van der Waals surface area contributed by atoms with Crippen molar-refractivity contribution in [1.29, 1.82) is 0 Å². The molecule has 0 bridgehead atoms. The van der Waals surface area contributed by atoms with Crippen LogP contribution in [0, 0.1) is 0 Å². The van der Waals surface area contributed by atoms with E-state index < -0.39 is 0 Å². The molecule has 1 atom stereocenters. The summed E-state index contributed by atoms with van der Waals surface area (Å²) in [6.45, 7) is 2.64. The Morgan fingerprint density at radius 3 is 2.95 bits per heavy atom. The molecule has 4 heteroatoms. The summed E-state index contributed by atoms with van der Waals surface area (Å²) >= 11 is 1.96. The number of benzene rings is 1. The van der Waals surface area contributed by atoms with Crippen molar-refractivity contribution in [3.05, 3.63) is 35.4 Å². The molecule has 2 aliphatic rings. The lowest BCUT2D eigenvalue weighted by molar-refractivity contribution is -0.133. The average Bonchev–Trinajstić information content (AvgIpc) is 2.75. The summed E-state index contributed by atoms with van der Waals surface area (Å²) in [5.41, 5.74) is 2.65. The molecule has 3 nitrogen and oxygen atoms in total. The molecule has 1 amide bonds. The van der Waals surface area contributed by atoms with E-state index in [0.717, 1.165) is 38.2 Å². The SMILES string of the molecule is O=C([C@@H]1Cc2ccccc2CN1)N1CCCSCC1. The lowest BCUT2D eigenvalue weighted by Gasteiger charge is -2.30. The maximum atomic E-state index is 12.6. The van der Waals surface area contributed by atoms with E-state index in [4.69, 9.17) is 0 Å². The van der Waals surface area contributed by atoms with E-state index in [2.05, 4.69) is 29.6 Å². The molecular formula is C15H20N2OS. The number of rotatable bonds is 1. The van der Waals surface area contributed by atoms with Gasteiger partial charge in [-0.05, 0) is 29.7 Å². The number of fused-ring (bicyclic) bond motifs is 1. The van der Waals surface area contributed by atoms with E-state index in [1.165, 1.54) is 16.9 Å². The predicted octanol–water partition coefficient (Wildman–Crippen LogP) is 1.67. The largest absolute Gasteiger partial charge is 0.340 e. The Balaban J connectivity index is 1.68. The summed E-state index contributed by atoms with van der Waals surface area (Å²) in [7, 11) is 0. The third-order valence-electron chi connectivity index (χ3n) is 3.91. The first-order valence-corrected chi connectivity index (χ1v) is 8.17. The fourth-order valence-corrected chi connectivity index (χ4v) is 3.70. The van der Waals surface area contributed by atoms with E-state index in [1.807, 2.05) is 16.7 Å². The molecule has 0 aliphatic carbocycles. The summed E-state index contributed by atoms with van der Waals surface area (Å²) in [4.78, 5) is 14.6. The average molecular weight is 276 g/mol. The van der Waals surface area contributed by atoms with Crippen molar-refractivity contribution in [2.45, 2.75) is 25.4 Å². The van der Waals surface area contributed by atoms with Crippen LogP contribution in [0.4, 0.5) is 0 Å². The molecule has 1 aromatic rings. The van der Waals surface area contributed by atoms with Crippen molar-refractivity contribution in [2.75, 3.05) is 24.6 Å². The van der Waals surface area contributed by atoms with Gasteiger partial charge >= 0.3 is 0 Å². The zero-order valence-electron chi connectivity index (χ0n) is 11.1. The van der Waals surface area contributed by atoms with Crippen molar-refractivity contribution in [1.82, 2.24) is 10.2 Å². The number of hydrogen-bond donors (Lipinski definition) is 1. The zero-order chi connectivity index (χ0) is 13.1. The van der Waals surface area contributed by atoms with Crippen LogP contribution in [0.15, 0.2) is 24.3 Å². The van der Waals surface area contributed by atoms with Gasteiger partial charge in [-0.3, -0.25) is 4.79 Å². The molecular weight excluding hydrogens is 256 g/mol. The van der Waals surface area contributed by atoms with E-state index in [9.17, 15) is 4.79 Å². The minimum absolute atomic E-state index is 0.0296. The van der Waals surface area contributed by atoms with Gasteiger partial charge in [0.2, 0.25) is 5.91 Å². The van der Waals surface area contributed by atoms with E-state index in [0.29, 0.717) is 0 Å². The third-order valence-corrected chi connectivity index (χ3v) is 4.96. The Kier molecular flexibility index (Phi) is 4.09. The molecule has 0 aromatic heterocycles. The Hall–Kier alpha value is -1.00. The van der Waals surface area contributed by atoms with E-state index >= 15 is 0 Å². The highest BCUT2D eigenvalue weighted by molar-refractivity contribution is 7.99. The molecule has 1 N–H and O–H groups in total. The Bertz CT molecular complexity index is 455. The van der Waals surface area contributed by atoms with Crippen LogP contribution < -0.4 is 5.32 Å². The molecule has 0 unspecified atom stereocenters. The fraction of sp³-hybridized carbons (Fsp3) is 0.533. The number of nitrogens with one attached hydrogen (secondary N) is 1. The Labute approximate surface area is 118 Å². The fourth-order valence-electron chi connectivity index (χ4n) is 2.82. The van der Waals surface area contributed by atoms with Crippen molar-refractivity contribution in [3.8, 4) is 0 Å². The third kappa shape index (κ3) is 2.95. The maximum Gasteiger partial charge on any atom is 0.240 e. The van der Waals surface area contributed by atoms with Crippen LogP contribution in [-0.4, -0.2) is 41.4 Å². The second kappa shape index (κ2) is 5.97. The highest BCUT2D eigenvalue weighted by Crippen LogP contribution is 2.18.